The number of hydrogen-bond acceptors (Lipinski definition) is 2. The standard InChI is InChI=1S/C22H21ClF2O3/c1-13-9-21(20(25)10-14(13)6-8-22(26)27)28-12-16-3-2-4-17(16)15-5-7-18(23)19(24)11-15/h5,7,9-11H,2-4,6,8,12H2,1H3,(H,26,27). The number of allylic oxidation sites excluding steroid dienone is 1. The third-order valence-corrected chi connectivity index (χ3v) is 5.31. The number of aliphatic carboxylic acids is 1. The highest BCUT2D eigenvalue weighted by molar-refractivity contribution is 6.30. The Hall–Kier alpha value is -2.40. The molecule has 0 aromatic heterocycles. The normalized spacial score (nSPS) is 13.9. The summed E-state index contributed by atoms with van der Waals surface area (Å²) in [7, 11) is 0. The van der Waals surface area contributed by atoms with Gasteiger partial charge in [0.05, 0.1) is 5.02 Å². The molecule has 0 amide bonds. The highest BCUT2D eigenvalue weighted by atomic mass is 35.5. The summed E-state index contributed by atoms with van der Waals surface area (Å²) in [6.45, 7) is 2.03. The smallest absolute Gasteiger partial charge is 0.303 e. The van der Waals surface area contributed by atoms with Crippen molar-refractivity contribution in [3.63, 3.8) is 0 Å². The minimum Gasteiger partial charge on any atom is -0.486 e. The van der Waals surface area contributed by atoms with Crippen LogP contribution in [0.3, 0.4) is 0 Å². The number of rotatable bonds is 7. The SMILES string of the molecule is Cc1cc(OCC2=C(c3ccc(Cl)c(F)c3)CCC2)c(F)cc1CCC(=O)O. The van der Waals surface area contributed by atoms with E-state index in [0.29, 0.717) is 5.56 Å². The van der Waals surface area contributed by atoms with Crippen LogP contribution in [-0.4, -0.2) is 17.7 Å². The van der Waals surface area contributed by atoms with Crippen LogP contribution in [0.5, 0.6) is 5.75 Å². The van der Waals surface area contributed by atoms with Crippen molar-refractivity contribution in [2.24, 2.45) is 0 Å². The minimum atomic E-state index is -0.917. The molecule has 0 radical (unpaired) electrons. The highest BCUT2D eigenvalue weighted by Crippen LogP contribution is 2.35. The number of hydrogen-bond donors (Lipinski definition) is 1. The average molecular weight is 407 g/mol. The van der Waals surface area contributed by atoms with Gasteiger partial charge in [0, 0.05) is 6.42 Å². The number of benzene rings is 2. The molecule has 1 N–H and O–H groups in total. The fourth-order valence-electron chi connectivity index (χ4n) is 3.48. The second-order valence-corrected chi connectivity index (χ2v) is 7.36. The van der Waals surface area contributed by atoms with E-state index < -0.39 is 17.6 Å². The lowest BCUT2D eigenvalue weighted by Crippen LogP contribution is -2.05. The van der Waals surface area contributed by atoms with E-state index in [-0.39, 0.29) is 30.2 Å². The number of aryl methyl sites for hydroxylation is 2. The first-order valence-electron chi connectivity index (χ1n) is 9.15. The molecule has 0 heterocycles. The summed E-state index contributed by atoms with van der Waals surface area (Å²) in [6.07, 6.45) is 2.80. The maximum Gasteiger partial charge on any atom is 0.303 e. The Balaban J connectivity index is 1.76. The fraction of sp³-hybridized carbons (Fsp3) is 0.318. The third kappa shape index (κ3) is 4.71. The largest absolute Gasteiger partial charge is 0.486 e. The minimum absolute atomic E-state index is 0.0472. The van der Waals surface area contributed by atoms with E-state index in [9.17, 15) is 13.6 Å². The molecule has 2 aromatic carbocycles. The van der Waals surface area contributed by atoms with Crippen LogP contribution in [0.15, 0.2) is 35.9 Å². The van der Waals surface area contributed by atoms with Crippen molar-refractivity contribution in [3.05, 3.63) is 69.3 Å². The lowest BCUT2D eigenvalue weighted by molar-refractivity contribution is -0.136. The van der Waals surface area contributed by atoms with Gasteiger partial charge in [0.15, 0.2) is 11.6 Å². The molecule has 6 heteroatoms. The molecule has 2 aromatic rings. The Kier molecular flexibility index (Phi) is 6.35. The molecule has 0 unspecified atom stereocenters. The first-order valence-corrected chi connectivity index (χ1v) is 9.53. The van der Waals surface area contributed by atoms with E-state index in [0.717, 1.165) is 41.5 Å². The molecule has 28 heavy (non-hydrogen) atoms. The second-order valence-electron chi connectivity index (χ2n) is 6.96. The Morgan fingerprint density at radius 3 is 2.68 bits per heavy atom. The monoisotopic (exact) mass is 406 g/mol. The molecule has 0 spiro atoms. The Bertz CT molecular complexity index is 938. The van der Waals surface area contributed by atoms with Crippen molar-refractivity contribution in [2.75, 3.05) is 6.61 Å². The number of halogens is 3. The molecule has 3 rings (SSSR count). The van der Waals surface area contributed by atoms with Crippen LogP contribution < -0.4 is 4.74 Å². The topological polar surface area (TPSA) is 46.5 Å². The van der Waals surface area contributed by atoms with E-state index in [1.54, 1.807) is 19.1 Å². The van der Waals surface area contributed by atoms with Crippen LogP contribution in [-0.2, 0) is 11.2 Å². The van der Waals surface area contributed by atoms with Crippen LogP contribution in [0.4, 0.5) is 8.78 Å². The first kappa shape index (κ1) is 20.3. The summed E-state index contributed by atoms with van der Waals surface area (Å²) < 4.78 is 33.9. The molecule has 0 saturated heterocycles. The van der Waals surface area contributed by atoms with Gasteiger partial charge in [-0.15, -0.1) is 0 Å². The zero-order valence-corrected chi connectivity index (χ0v) is 16.3. The molecule has 0 atom stereocenters. The molecule has 3 nitrogen and oxygen atoms in total. The number of carboxylic acid groups (broad SMARTS) is 1. The Morgan fingerprint density at radius 1 is 1.18 bits per heavy atom. The van der Waals surface area contributed by atoms with Gasteiger partial charge in [0.2, 0.25) is 0 Å². The van der Waals surface area contributed by atoms with Crippen LogP contribution in [0.1, 0.15) is 42.4 Å². The van der Waals surface area contributed by atoms with E-state index in [2.05, 4.69) is 0 Å². The fourth-order valence-corrected chi connectivity index (χ4v) is 3.60. The van der Waals surface area contributed by atoms with Gasteiger partial charge in [-0.2, -0.15) is 0 Å². The van der Waals surface area contributed by atoms with E-state index in [1.807, 2.05) is 0 Å². The number of ether oxygens (including phenoxy) is 1. The summed E-state index contributed by atoms with van der Waals surface area (Å²) in [6, 6.07) is 7.68. The van der Waals surface area contributed by atoms with Crippen LogP contribution in [0, 0.1) is 18.6 Å². The van der Waals surface area contributed by atoms with Gasteiger partial charge in [-0.05, 0) is 84.7 Å². The first-order chi connectivity index (χ1) is 13.3. The predicted octanol–water partition coefficient (Wildman–Crippen LogP) is 5.96. The molecular formula is C22H21ClF2O3. The molecular weight excluding hydrogens is 386 g/mol. The summed E-state index contributed by atoms with van der Waals surface area (Å²) in [5, 5.41) is 8.88. The molecule has 148 valence electrons. The number of carboxylic acids is 1. The third-order valence-electron chi connectivity index (χ3n) is 5.00. The molecule has 0 saturated carbocycles. The zero-order valence-electron chi connectivity index (χ0n) is 15.5. The van der Waals surface area contributed by atoms with Gasteiger partial charge in [-0.25, -0.2) is 8.78 Å². The summed E-state index contributed by atoms with van der Waals surface area (Å²) in [4.78, 5) is 10.7. The van der Waals surface area contributed by atoms with Crippen molar-refractivity contribution >= 4 is 23.1 Å². The molecule has 0 bridgehead atoms. The van der Waals surface area contributed by atoms with Gasteiger partial charge >= 0.3 is 5.97 Å². The zero-order chi connectivity index (χ0) is 20.3. The van der Waals surface area contributed by atoms with Crippen LogP contribution in [0.2, 0.25) is 5.02 Å². The quantitative estimate of drug-likeness (QED) is 0.617. The van der Waals surface area contributed by atoms with E-state index in [4.69, 9.17) is 21.4 Å². The predicted molar refractivity (Wildman–Crippen MR) is 105 cm³/mol. The average Bonchev–Trinajstić information content (AvgIpc) is 3.11. The summed E-state index contributed by atoms with van der Waals surface area (Å²) in [5.41, 5.74) is 4.26. The van der Waals surface area contributed by atoms with Gasteiger partial charge < -0.3 is 9.84 Å². The van der Waals surface area contributed by atoms with E-state index >= 15 is 0 Å². The summed E-state index contributed by atoms with van der Waals surface area (Å²) >= 11 is 5.76. The van der Waals surface area contributed by atoms with E-state index in [1.165, 1.54) is 18.2 Å². The molecule has 0 aliphatic heterocycles. The van der Waals surface area contributed by atoms with Gasteiger partial charge in [-0.1, -0.05) is 17.7 Å². The van der Waals surface area contributed by atoms with Crippen LogP contribution >= 0.6 is 11.6 Å². The lowest BCUT2D eigenvalue weighted by atomic mass is 10.0. The van der Waals surface area contributed by atoms with Crippen molar-refractivity contribution in [3.8, 4) is 5.75 Å². The second kappa shape index (κ2) is 8.74. The molecule has 0 fully saturated rings. The molecule has 1 aliphatic rings. The van der Waals surface area contributed by atoms with Gasteiger partial charge in [0.1, 0.15) is 12.4 Å². The van der Waals surface area contributed by atoms with Crippen molar-refractivity contribution in [1.29, 1.82) is 0 Å². The van der Waals surface area contributed by atoms with Crippen LogP contribution in [0.25, 0.3) is 5.57 Å². The molecule has 1 aliphatic carbocycles. The maximum absolute atomic E-state index is 14.4. The van der Waals surface area contributed by atoms with Crippen molar-refractivity contribution in [2.45, 2.75) is 39.0 Å². The van der Waals surface area contributed by atoms with Gasteiger partial charge in [0.25, 0.3) is 0 Å². The maximum atomic E-state index is 14.4. The lowest BCUT2D eigenvalue weighted by Gasteiger charge is -2.13. The van der Waals surface area contributed by atoms with Crippen molar-refractivity contribution < 1.29 is 23.4 Å². The highest BCUT2D eigenvalue weighted by Gasteiger charge is 2.19. The Morgan fingerprint density at radius 2 is 1.96 bits per heavy atom. The van der Waals surface area contributed by atoms with Crippen molar-refractivity contribution in [1.82, 2.24) is 0 Å². The Labute approximate surface area is 167 Å². The summed E-state index contributed by atoms with van der Waals surface area (Å²) in [5.74, 6) is -1.75. The number of carbonyl (C=O) groups is 1. The van der Waals surface area contributed by atoms with Gasteiger partial charge in [-0.3, -0.25) is 4.79 Å².